The lowest BCUT2D eigenvalue weighted by Gasteiger charge is -2.16. The average molecular weight is 238 g/mol. The Labute approximate surface area is 101 Å². The summed E-state index contributed by atoms with van der Waals surface area (Å²) >= 11 is 0. The molecule has 1 aliphatic rings. The molecule has 1 unspecified atom stereocenters. The largest absolute Gasteiger partial charge is 0.395 e. The molecule has 0 bridgehead atoms. The Morgan fingerprint density at radius 2 is 2.12 bits per heavy atom. The summed E-state index contributed by atoms with van der Waals surface area (Å²) in [5.74, 6) is -0.183. The zero-order valence-corrected chi connectivity index (χ0v) is 9.90. The van der Waals surface area contributed by atoms with Gasteiger partial charge in [0, 0.05) is 32.2 Å². The molecule has 4 heteroatoms. The minimum absolute atomic E-state index is 0.183. The van der Waals surface area contributed by atoms with Gasteiger partial charge in [-0.2, -0.15) is 0 Å². The maximum Gasteiger partial charge on any atom is 0.123 e. The van der Waals surface area contributed by atoms with E-state index in [2.05, 4.69) is 10.2 Å². The quantitative estimate of drug-likeness (QED) is 0.803. The highest BCUT2D eigenvalue weighted by Gasteiger charge is 2.21. The Hall–Kier alpha value is -0.970. The van der Waals surface area contributed by atoms with E-state index < -0.39 is 0 Å². The van der Waals surface area contributed by atoms with Gasteiger partial charge in [0.1, 0.15) is 5.82 Å². The van der Waals surface area contributed by atoms with Gasteiger partial charge >= 0.3 is 0 Å². The van der Waals surface area contributed by atoms with Crippen molar-refractivity contribution in [3.05, 3.63) is 35.6 Å². The first kappa shape index (κ1) is 12.5. The third-order valence-corrected chi connectivity index (χ3v) is 3.14. The number of aliphatic hydroxyl groups excluding tert-OH is 1. The van der Waals surface area contributed by atoms with Crippen LogP contribution in [-0.4, -0.2) is 42.3 Å². The monoisotopic (exact) mass is 238 g/mol. The number of benzene rings is 1. The molecule has 0 radical (unpaired) electrons. The molecule has 17 heavy (non-hydrogen) atoms. The molecule has 1 atom stereocenters. The van der Waals surface area contributed by atoms with Crippen molar-refractivity contribution >= 4 is 0 Å². The zero-order valence-electron chi connectivity index (χ0n) is 9.90. The molecule has 1 heterocycles. The summed E-state index contributed by atoms with van der Waals surface area (Å²) < 4.78 is 12.8. The number of aliphatic hydroxyl groups is 1. The van der Waals surface area contributed by atoms with Crippen LogP contribution >= 0.6 is 0 Å². The van der Waals surface area contributed by atoms with Crippen molar-refractivity contribution in [2.75, 3.05) is 26.2 Å². The Morgan fingerprint density at radius 1 is 1.35 bits per heavy atom. The van der Waals surface area contributed by atoms with Crippen molar-refractivity contribution in [3.63, 3.8) is 0 Å². The third kappa shape index (κ3) is 3.77. The van der Waals surface area contributed by atoms with Crippen molar-refractivity contribution in [3.8, 4) is 0 Å². The van der Waals surface area contributed by atoms with E-state index in [1.54, 1.807) is 0 Å². The smallest absolute Gasteiger partial charge is 0.123 e. The fraction of sp³-hybridized carbons (Fsp3) is 0.538. The molecule has 0 aromatic heterocycles. The Morgan fingerprint density at radius 3 is 2.82 bits per heavy atom. The van der Waals surface area contributed by atoms with Crippen molar-refractivity contribution < 1.29 is 9.50 Å². The molecular formula is C13H19FN2O. The number of likely N-dealkylation sites (tertiary alicyclic amines) is 1. The average Bonchev–Trinajstić information content (AvgIpc) is 2.77. The lowest BCUT2D eigenvalue weighted by atomic mass is 10.2. The topological polar surface area (TPSA) is 35.5 Å². The summed E-state index contributed by atoms with van der Waals surface area (Å²) in [6.07, 6.45) is 1.11. The summed E-state index contributed by atoms with van der Waals surface area (Å²) in [5.41, 5.74) is 1.15. The van der Waals surface area contributed by atoms with Crippen LogP contribution in [0.5, 0.6) is 0 Å². The van der Waals surface area contributed by atoms with Gasteiger partial charge in [-0.3, -0.25) is 4.90 Å². The van der Waals surface area contributed by atoms with Gasteiger partial charge in [0.05, 0.1) is 6.61 Å². The van der Waals surface area contributed by atoms with E-state index in [1.807, 2.05) is 12.1 Å². The summed E-state index contributed by atoms with van der Waals surface area (Å²) in [6.45, 7) is 3.78. The molecule has 2 N–H and O–H groups in total. The van der Waals surface area contributed by atoms with Gasteiger partial charge in [-0.1, -0.05) is 12.1 Å². The van der Waals surface area contributed by atoms with E-state index in [0.29, 0.717) is 12.6 Å². The maximum atomic E-state index is 12.8. The SMILES string of the molecule is OCCNC1CCN(Cc2ccc(F)cc2)C1. The van der Waals surface area contributed by atoms with Crippen molar-refractivity contribution in [1.29, 1.82) is 0 Å². The second-order valence-corrected chi connectivity index (χ2v) is 4.52. The molecule has 0 saturated carbocycles. The summed E-state index contributed by atoms with van der Waals surface area (Å²) in [4.78, 5) is 2.35. The second kappa shape index (κ2) is 6.10. The normalized spacial score (nSPS) is 20.9. The van der Waals surface area contributed by atoms with Crippen LogP contribution in [0.4, 0.5) is 4.39 Å². The first-order chi connectivity index (χ1) is 8.28. The molecule has 0 amide bonds. The Kier molecular flexibility index (Phi) is 4.48. The fourth-order valence-electron chi connectivity index (χ4n) is 2.26. The highest BCUT2D eigenvalue weighted by atomic mass is 19.1. The molecule has 1 aliphatic heterocycles. The van der Waals surface area contributed by atoms with Crippen molar-refractivity contribution in [1.82, 2.24) is 10.2 Å². The summed E-state index contributed by atoms with van der Waals surface area (Å²) in [6, 6.07) is 7.16. The van der Waals surface area contributed by atoms with Gasteiger partial charge in [0.25, 0.3) is 0 Å². The minimum Gasteiger partial charge on any atom is -0.395 e. The van der Waals surface area contributed by atoms with E-state index in [4.69, 9.17) is 5.11 Å². The standard InChI is InChI=1S/C13H19FN2O/c14-12-3-1-11(2-4-12)9-16-7-5-13(10-16)15-6-8-17/h1-4,13,15,17H,5-10H2. The van der Waals surface area contributed by atoms with Gasteiger partial charge in [0.2, 0.25) is 0 Å². The molecule has 94 valence electrons. The van der Waals surface area contributed by atoms with Crippen molar-refractivity contribution in [2.45, 2.75) is 19.0 Å². The number of nitrogens with one attached hydrogen (secondary N) is 1. The number of rotatable bonds is 5. The molecular weight excluding hydrogens is 219 g/mol. The van der Waals surface area contributed by atoms with Crippen LogP contribution in [0, 0.1) is 5.82 Å². The van der Waals surface area contributed by atoms with Crippen LogP contribution in [0.3, 0.4) is 0 Å². The molecule has 1 aromatic rings. The third-order valence-electron chi connectivity index (χ3n) is 3.14. The zero-order chi connectivity index (χ0) is 12.1. The first-order valence-corrected chi connectivity index (χ1v) is 6.09. The highest BCUT2D eigenvalue weighted by Crippen LogP contribution is 2.13. The maximum absolute atomic E-state index is 12.8. The van der Waals surface area contributed by atoms with E-state index in [9.17, 15) is 4.39 Å². The van der Waals surface area contributed by atoms with Crippen LogP contribution in [0.25, 0.3) is 0 Å². The minimum atomic E-state index is -0.183. The summed E-state index contributed by atoms with van der Waals surface area (Å²) in [7, 11) is 0. The van der Waals surface area contributed by atoms with Crippen LogP contribution in [-0.2, 0) is 6.54 Å². The number of halogens is 1. The second-order valence-electron chi connectivity index (χ2n) is 4.52. The van der Waals surface area contributed by atoms with Crippen LogP contribution in [0.15, 0.2) is 24.3 Å². The van der Waals surface area contributed by atoms with Gasteiger partial charge < -0.3 is 10.4 Å². The van der Waals surface area contributed by atoms with Crippen molar-refractivity contribution in [2.24, 2.45) is 0 Å². The fourth-order valence-corrected chi connectivity index (χ4v) is 2.26. The number of nitrogens with zero attached hydrogens (tertiary/aromatic N) is 1. The summed E-state index contributed by atoms with van der Waals surface area (Å²) in [5, 5.41) is 12.0. The van der Waals surface area contributed by atoms with Crippen LogP contribution < -0.4 is 5.32 Å². The molecule has 1 fully saturated rings. The number of hydrogen-bond acceptors (Lipinski definition) is 3. The predicted octanol–water partition coefficient (Wildman–Crippen LogP) is 0.982. The molecule has 0 spiro atoms. The van der Waals surface area contributed by atoms with Gasteiger partial charge in [-0.05, 0) is 24.1 Å². The van der Waals surface area contributed by atoms with Gasteiger partial charge in [-0.15, -0.1) is 0 Å². The van der Waals surface area contributed by atoms with E-state index in [-0.39, 0.29) is 12.4 Å². The van der Waals surface area contributed by atoms with Crippen LogP contribution in [0.2, 0.25) is 0 Å². The molecule has 3 nitrogen and oxygen atoms in total. The first-order valence-electron chi connectivity index (χ1n) is 6.09. The van der Waals surface area contributed by atoms with Crippen LogP contribution in [0.1, 0.15) is 12.0 Å². The lowest BCUT2D eigenvalue weighted by Crippen LogP contribution is -2.34. The molecule has 1 saturated heterocycles. The van der Waals surface area contributed by atoms with E-state index >= 15 is 0 Å². The lowest BCUT2D eigenvalue weighted by molar-refractivity contribution is 0.278. The molecule has 1 aromatic carbocycles. The highest BCUT2D eigenvalue weighted by molar-refractivity contribution is 5.16. The van der Waals surface area contributed by atoms with E-state index in [1.165, 1.54) is 12.1 Å². The molecule has 2 rings (SSSR count). The van der Waals surface area contributed by atoms with Gasteiger partial charge in [0.15, 0.2) is 0 Å². The Balaban J connectivity index is 1.79. The molecule has 0 aliphatic carbocycles. The van der Waals surface area contributed by atoms with E-state index in [0.717, 1.165) is 31.6 Å². The Bertz CT molecular complexity index is 342. The number of hydrogen-bond donors (Lipinski definition) is 2. The van der Waals surface area contributed by atoms with Gasteiger partial charge in [-0.25, -0.2) is 4.39 Å². The predicted molar refractivity (Wildman–Crippen MR) is 65.2 cm³/mol.